The molecule has 35 heavy (non-hydrogen) atoms. The molecule has 2 amide bonds. The molecule has 0 bridgehead atoms. The minimum absolute atomic E-state index is 0.00983. The Hall–Kier alpha value is -3.55. The summed E-state index contributed by atoms with van der Waals surface area (Å²) in [4.78, 5) is 44.8. The fourth-order valence-corrected chi connectivity index (χ4v) is 5.47. The SMILES string of the molecule is CC1C2=C(CC(C)(C)CC2=O)Nc2ccccc2N1CC(=O)N1CCN(C(=O)c2ccco2)CC1. The van der Waals surface area contributed by atoms with Crippen molar-refractivity contribution >= 4 is 29.0 Å². The number of Topliss-reactive ketones (excluding diaryl/α,β-unsaturated/α-hetero) is 1. The van der Waals surface area contributed by atoms with E-state index in [0.717, 1.165) is 29.1 Å². The first-order valence-electron chi connectivity index (χ1n) is 12.2. The summed E-state index contributed by atoms with van der Waals surface area (Å²) in [7, 11) is 0. The van der Waals surface area contributed by atoms with Gasteiger partial charge in [0, 0.05) is 43.9 Å². The van der Waals surface area contributed by atoms with Gasteiger partial charge in [-0.3, -0.25) is 14.4 Å². The summed E-state index contributed by atoms with van der Waals surface area (Å²) in [6.07, 6.45) is 2.78. The predicted octanol–water partition coefficient (Wildman–Crippen LogP) is 3.53. The van der Waals surface area contributed by atoms with Gasteiger partial charge in [0.15, 0.2) is 11.5 Å². The number of ketones is 1. The lowest BCUT2D eigenvalue weighted by molar-refractivity contribution is -0.131. The van der Waals surface area contributed by atoms with Crippen LogP contribution in [0.25, 0.3) is 0 Å². The first-order chi connectivity index (χ1) is 16.7. The van der Waals surface area contributed by atoms with E-state index in [1.165, 1.54) is 6.26 Å². The highest BCUT2D eigenvalue weighted by Crippen LogP contribution is 2.43. The predicted molar refractivity (Wildman–Crippen MR) is 133 cm³/mol. The molecular formula is C27H32N4O4. The van der Waals surface area contributed by atoms with E-state index in [1.54, 1.807) is 21.9 Å². The third-order valence-corrected chi connectivity index (χ3v) is 7.26. The van der Waals surface area contributed by atoms with Crippen molar-refractivity contribution < 1.29 is 18.8 Å². The maximum Gasteiger partial charge on any atom is 0.289 e. The van der Waals surface area contributed by atoms with Gasteiger partial charge >= 0.3 is 0 Å². The van der Waals surface area contributed by atoms with Crippen molar-refractivity contribution in [2.75, 3.05) is 42.9 Å². The van der Waals surface area contributed by atoms with Crippen molar-refractivity contribution in [2.24, 2.45) is 5.41 Å². The van der Waals surface area contributed by atoms with Crippen LogP contribution in [0.1, 0.15) is 44.2 Å². The van der Waals surface area contributed by atoms with Crippen molar-refractivity contribution in [2.45, 2.75) is 39.7 Å². The summed E-state index contributed by atoms with van der Waals surface area (Å²) in [6.45, 7) is 8.28. The fraction of sp³-hybridized carbons (Fsp3) is 0.444. The van der Waals surface area contributed by atoms with Crippen molar-refractivity contribution in [3.05, 3.63) is 59.7 Å². The number of nitrogens with zero attached hydrogens (tertiary/aromatic N) is 3. The highest BCUT2D eigenvalue weighted by atomic mass is 16.3. The lowest BCUT2D eigenvalue weighted by Gasteiger charge is -2.38. The first kappa shape index (κ1) is 23.2. The summed E-state index contributed by atoms with van der Waals surface area (Å²) in [5.41, 5.74) is 3.47. The Morgan fingerprint density at radius 1 is 1.03 bits per heavy atom. The number of benzene rings is 1. The molecule has 0 saturated carbocycles. The van der Waals surface area contributed by atoms with E-state index in [2.05, 4.69) is 19.2 Å². The molecule has 8 nitrogen and oxygen atoms in total. The standard InChI is InChI=1S/C27H32N4O4/c1-18-25-20(15-27(2,3)16-22(25)32)28-19-7-4-5-8-21(19)31(18)17-24(33)29-10-12-30(13-11-29)26(34)23-9-6-14-35-23/h4-9,14,18,28H,10-13,15-17H2,1-3H3. The smallest absolute Gasteiger partial charge is 0.289 e. The monoisotopic (exact) mass is 476 g/mol. The van der Waals surface area contributed by atoms with E-state index in [-0.39, 0.29) is 35.6 Å². The highest BCUT2D eigenvalue weighted by molar-refractivity contribution is 6.01. The number of carbonyl (C=O) groups excluding carboxylic acids is 3. The van der Waals surface area contributed by atoms with Crippen LogP contribution in [0.5, 0.6) is 0 Å². The van der Waals surface area contributed by atoms with Gasteiger partial charge in [-0.2, -0.15) is 0 Å². The Kier molecular flexibility index (Phi) is 5.91. The number of hydrogen-bond donors (Lipinski definition) is 1. The molecule has 1 aliphatic carbocycles. The fourth-order valence-electron chi connectivity index (χ4n) is 5.47. The van der Waals surface area contributed by atoms with Crippen molar-refractivity contribution in [1.29, 1.82) is 0 Å². The highest BCUT2D eigenvalue weighted by Gasteiger charge is 2.40. The summed E-state index contributed by atoms with van der Waals surface area (Å²) < 4.78 is 5.23. The van der Waals surface area contributed by atoms with Crippen molar-refractivity contribution in [3.63, 3.8) is 0 Å². The van der Waals surface area contributed by atoms with Gasteiger partial charge in [0.1, 0.15) is 0 Å². The lowest BCUT2D eigenvalue weighted by atomic mass is 9.74. The van der Waals surface area contributed by atoms with Gasteiger partial charge in [0.25, 0.3) is 5.91 Å². The van der Waals surface area contributed by atoms with Crippen LogP contribution in [0, 0.1) is 5.41 Å². The Bertz CT molecular complexity index is 1180. The molecule has 1 N–H and O–H groups in total. The maximum absolute atomic E-state index is 13.4. The van der Waals surface area contributed by atoms with E-state index in [9.17, 15) is 14.4 Å². The molecule has 1 fully saturated rings. The largest absolute Gasteiger partial charge is 0.459 e. The second kappa shape index (κ2) is 8.91. The third kappa shape index (κ3) is 4.45. The first-order valence-corrected chi connectivity index (χ1v) is 12.2. The van der Waals surface area contributed by atoms with Gasteiger partial charge in [0.2, 0.25) is 5.91 Å². The summed E-state index contributed by atoms with van der Waals surface area (Å²) >= 11 is 0. The normalized spacial score (nSPS) is 21.7. The van der Waals surface area contributed by atoms with Crippen LogP contribution in [0.2, 0.25) is 0 Å². The number of fused-ring (bicyclic) bond motifs is 1. The van der Waals surface area contributed by atoms with Crippen LogP contribution in [-0.4, -0.2) is 66.2 Å². The van der Waals surface area contributed by atoms with Crippen LogP contribution in [0.3, 0.4) is 0 Å². The number of allylic oxidation sites excluding steroid dienone is 1. The minimum atomic E-state index is -0.226. The molecule has 184 valence electrons. The molecule has 1 atom stereocenters. The average Bonchev–Trinajstić information content (AvgIpc) is 3.33. The number of piperazine rings is 1. The molecule has 8 heteroatoms. The summed E-state index contributed by atoms with van der Waals surface area (Å²) in [5.74, 6) is 0.300. The molecule has 2 aromatic rings. The number of para-hydroxylation sites is 2. The number of carbonyl (C=O) groups is 3. The molecule has 3 aliphatic rings. The molecular weight excluding hydrogens is 444 g/mol. The van der Waals surface area contributed by atoms with Crippen LogP contribution < -0.4 is 10.2 Å². The quantitative estimate of drug-likeness (QED) is 0.730. The third-order valence-electron chi connectivity index (χ3n) is 7.26. The minimum Gasteiger partial charge on any atom is -0.459 e. The van der Waals surface area contributed by atoms with Crippen LogP contribution in [0.15, 0.2) is 58.3 Å². The molecule has 2 aliphatic heterocycles. The van der Waals surface area contributed by atoms with Crippen LogP contribution >= 0.6 is 0 Å². The molecule has 0 spiro atoms. The molecule has 5 rings (SSSR count). The Labute approximate surface area is 205 Å². The van der Waals surface area contributed by atoms with Gasteiger partial charge in [0.05, 0.1) is 30.2 Å². The van der Waals surface area contributed by atoms with Gasteiger partial charge in [-0.25, -0.2) is 0 Å². The van der Waals surface area contributed by atoms with Crippen LogP contribution in [0.4, 0.5) is 11.4 Å². The number of rotatable bonds is 3. The molecule has 1 saturated heterocycles. The number of furan rings is 1. The molecule has 1 unspecified atom stereocenters. The molecule has 3 heterocycles. The van der Waals surface area contributed by atoms with Gasteiger partial charge in [-0.1, -0.05) is 26.0 Å². The van der Waals surface area contributed by atoms with E-state index >= 15 is 0 Å². The average molecular weight is 477 g/mol. The van der Waals surface area contributed by atoms with Gasteiger partial charge in [-0.05, 0) is 43.0 Å². The second-order valence-corrected chi connectivity index (χ2v) is 10.4. The van der Waals surface area contributed by atoms with Gasteiger partial charge < -0.3 is 24.4 Å². The number of anilines is 2. The zero-order valence-electron chi connectivity index (χ0n) is 20.5. The zero-order valence-corrected chi connectivity index (χ0v) is 20.5. The van der Waals surface area contributed by atoms with E-state index in [4.69, 9.17) is 4.42 Å². The van der Waals surface area contributed by atoms with Crippen LogP contribution in [-0.2, 0) is 9.59 Å². The Balaban J connectivity index is 1.34. The number of nitrogens with one attached hydrogen (secondary N) is 1. The van der Waals surface area contributed by atoms with E-state index in [1.807, 2.05) is 36.1 Å². The Morgan fingerprint density at radius 3 is 2.46 bits per heavy atom. The lowest BCUT2D eigenvalue weighted by Crippen LogP contribution is -2.53. The van der Waals surface area contributed by atoms with Gasteiger partial charge in [-0.15, -0.1) is 0 Å². The van der Waals surface area contributed by atoms with E-state index < -0.39 is 0 Å². The summed E-state index contributed by atoms with van der Waals surface area (Å²) in [6, 6.07) is 11.0. The van der Waals surface area contributed by atoms with Crippen molar-refractivity contribution in [3.8, 4) is 0 Å². The number of hydrogen-bond acceptors (Lipinski definition) is 6. The maximum atomic E-state index is 13.4. The summed E-state index contributed by atoms with van der Waals surface area (Å²) in [5, 5.41) is 3.53. The molecule has 1 aromatic heterocycles. The zero-order chi connectivity index (χ0) is 24.7. The Morgan fingerprint density at radius 2 is 1.74 bits per heavy atom. The number of amides is 2. The van der Waals surface area contributed by atoms with E-state index in [0.29, 0.717) is 38.4 Å². The molecule has 1 aromatic carbocycles. The van der Waals surface area contributed by atoms with Crippen molar-refractivity contribution in [1.82, 2.24) is 9.80 Å². The second-order valence-electron chi connectivity index (χ2n) is 10.4. The topological polar surface area (TPSA) is 86.1 Å². The molecule has 0 radical (unpaired) electrons.